The van der Waals surface area contributed by atoms with Crippen LogP contribution in [0.4, 0.5) is 35.1 Å². The van der Waals surface area contributed by atoms with Gasteiger partial charge in [-0.1, -0.05) is 0 Å². The highest BCUT2D eigenvalue weighted by Crippen LogP contribution is 2.51. The van der Waals surface area contributed by atoms with Crippen molar-refractivity contribution in [2.24, 2.45) is 23.2 Å². The molecule has 2 N–H and O–H groups in total. The first-order valence-electron chi connectivity index (χ1n) is 14.2. The third kappa shape index (κ3) is 6.45. The maximum absolute atomic E-state index is 13.9. The summed E-state index contributed by atoms with van der Waals surface area (Å²) >= 11 is 0. The Hall–Kier alpha value is -3.86. The first kappa shape index (κ1) is 31.1. The van der Waals surface area contributed by atoms with Crippen molar-refractivity contribution in [3.05, 3.63) is 42.0 Å². The fourth-order valence-corrected chi connectivity index (χ4v) is 6.48. The van der Waals surface area contributed by atoms with Crippen molar-refractivity contribution in [3.63, 3.8) is 0 Å². The number of fused-ring (bicyclic) bond motifs is 1. The minimum absolute atomic E-state index is 0.00839. The average molecular weight is 650 g/mol. The van der Waals surface area contributed by atoms with E-state index in [2.05, 4.69) is 25.6 Å². The second kappa shape index (κ2) is 10.9. The molecule has 3 aromatic rings. The Morgan fingerprint density at radius 2 is 1.87 bits per heavy atom. The van der Waals surface area contributed by atoms with E-state index in [1.165, 1.54) is 23.0 Å². The molecule has 2 saturated carbocycles. The maximum Gasteiger partial charge on any atom is 0.408 e. The molecule has 0 radical (unpaired) electrons. The molecule has 0 unspecified atom stereocenters. The largest absolute Gasteiger partial charge is 0.428 e. The van der Waals surface area contributed by atoms with Gasteiger partial charge in [0, 0.05) is 19.3 Å². The van der Waals surface area contributed by atoms with E-state index >= 15 is 0 Å². The van der Waals surface area contributed by atoms with Crippen LogP contribution in [0.25, 0.3) is 5.65 Å². The van der Waals surface area contributed by atoms with Crippen molar-refractivity contribution in [1.82, 2.24) is 35.4 Å². The van der Waals surface area contributed by atoms with Gasteiger partial charge in [-0.15, -0.1) is 10.2 Å². The lowest BCUT2D eigenvalue weighted by Gasteiger charge is -2.33. The molecule has 6 rings (SSSR count). The Kier molecular flexibility index (Phi) is 7.54. The molecule has 3 aliphatic rings. The number of alkyl halides is 8. The quantitative estimate of drug-likeness (QED) is 0.344. The zero-order valence-electron chi connectivity index (χ0n) is 23.3. The number of carbonyl (C=O) groups excluding carboxylic acids is 2. The van der Waals surface area contributed by atoms with Crippen molar-refractivity contribution in [2.75, 3.05) is 0 Å². The molecule has 10 nitrogen and oxygen atoms in total. The second-order valence-electron chi connectivity index (χ2n) is 12.2. The van der Waals surface area contributed by atoms with E-state index < -0.39 is 84.6 Å². The van der Waals surface area contributed by atoms with Crippen LogP contribution in [-0.4, -0.2) is 60.9 Å². The molecule has 0 spiro atoms. The number of amides is 2. The Morgan fingerprint density at radius 3 is 2.47 bits per heavy atom. The number of carbonyl (C=O) groups is 2. The summed E-state index contributed by atoms with van der Waals surface area (Å²) in [5, 5.41) is 16.1. The summed E-state index contributed by atoms with van der Waals surface area (Å²) < 4.78 is 114. The Labute approximate surface area is 249 Å². The van der Waals surface area contributed by atoms with Gasteiger partial charge in [0.25, 0.3) is 0 Å². The number of imidazole rings is 1. The summed E-state index contributed by atoms with van der Waals surface area (Å²) in [6.45, 7) is 0. The molecule has 3 fully saturated rings. The van der Waals surface area contributed by atoms with Gasteiger partial charge in [0.2, 0.25) is 30.0 Å². The SMILES string of the molecule is O=C(N[C@H](c1cn2ncc(C[C@@]3(Cc4nnco4)C[C@@H](C(F)(F)F)NC3=O)cc2n1)C1CCC(F)(F)CC1)[C@H]1C[C@H]1C(F)(F)F. The van der Waals surface area contributed by atoms with Crippen LogP contribution in [0.15, 0.2) is 29.3 Å². The molecule has 4 heterocycles. The van der Waals surface area contributed by atoms with Crippen LogP contribution < -0.4 is 10.6 Å². The van der Waals surface area contributed by atoms with Crippen molar-refractivity contribution >= 4 is 17.5 Å². The van der Waals surface area contributed by atoms with Crippen LogP contribution in [0.5, 0.6) is 0 Å². The first-order valence-corrected chi connectivity index (χ1v) is 14.2. The molecule has 1 saturated heterocycles. The van der Waals surface area contributed by atoms with E-state index in [0.717, 1.165) is 6.39 Å². The average Bonchev–Trinajstić information content (AvgIpc) is 3.24. The van der Waals surface area contributed by atoms with Gasteiger partial charge in [0.1, 0.15) is 6.04 Å². The van der Waals surface area contributed by atoms with Crippen LogP contribution in [0, 0.1) is 23.2 Å². The van der Waals surface area contributed by atoms with Crippen molar-refractivity contribution in [1.29, 1.82) is 0 Å². The third-order valence-corrected chi connectivity index (χ3v) is 9.01. The van der Waals surface area contributed by atoms with Gasteiger partial charge < -0.3 is 15.1 Å². The lowest BCUT2D eigenvalue weighted by molar-refractivity contribution is -0.155. The van der Waals surface area contributed by atoms with E-state index in [1.807, 2.05) is 5.32 Å². The summed E-state index contributed by atoms with van der Waals surface area (Å²) in [6.07, 6.45) is -7.90. The summed E-state index contributed by atoms with van der Waals surface area (Å²) in [6, 6.07) is -1.60. The van der Waals surface area contributed by atoms with Crippen LogP contribution in [0.1, 0.15) is 61.7 Å². The van der Waals surface area contributed by atoms with Crippen molar-refractivity contribution in [3.8, 4) is 0 Å². The molecule has 18 heteroatoms. The monoisotopic (exact) mass is 649 g/mol. The van der Waals surface area contributed by atoms with E-state index in [-0.39, 0.29) is 49.3 Å². The normalized spacial score (nSPS) is 27.8. The molecule has 3 aromatic heterocycles. The highest BCUT2D eigenvalue weighted by molar-refractivity contribution is 5.86. The highest BCUT2D eigenvalue weighted by atomic mass is 19.4. The van der Waals surface area contributed by atoms with Gasteiger partial charge in [0.15, 0.2) is 5.65 Å². The molecular formula is C27H27F8N7O3. The smallest absolute Gasteiger partial charge is 0.408 e. The lowest BCUT2D eigenvalue weighted by atomic mass is 9.76. The van der Waals surface area contributed by atoms with Gasteiger partial charge in [0.05, 0.1) is 41.4 Å². The van der Waals surface area contributed by atoms with Gasteiger partial charge >= 0.3 is 12.4 Å². The minimum atomic E-state index is -4.70. The number of nitrogens with one attached hydrogen (secondary N) is 2. The molecule has 2 aliphatic carbocycles. The summed E-state index contributed by atoms with van der Waals surface area (Å²) in [4.78, 5) is 30.3. The first-order chi connectivity index (χ1) is 21.0. The second-order valence-corrected chi connectivity index (χ2v) is 12.2. The fraction of sp³-hybridized carbons (Fsp3) is 0.630. The van der Waals surface area contributed by atoms with Crippen LogP contribution in [0.2, 0.25) is 0 Å². The number of hydrogen-bond acceptors (Lipinski definition) is 7. The minimum Gasteiger partial charge on any atom is -0.428 e. The standard InChI is InChI=1S/C27H27F8N7O3/c28-25(29)3-1-14(2-4-25)21(40-22(43)15-6-16(15)26(30,31)32)17-11-42-19(38-17)5-13(10-37-42)7-24(9-20-41-36-12-45-20)8-18(27(33,34)35)39-23(24)44/h5,10-12,14-16,18,21H,1-4,6-9H2,(H,39,44)(H,40,43)/t15-,16+,18-,21-,24-/m0/s1. The molecule has 45 heavy (non-hydrogen) atoms. The van der Waals surface area contributed by atoms with E-state index in [4.69, 9.17) is 4.42 Å². The van der Waals surface area contributed by atoms with E-state index in [1.54, 1.807) is 0 Å². The van der Waals surface area contributed by atoms with Gasteiger partial charge in [-0.05, 0) is 49.7 Å². The molecule has 0 aromatic carbocycles. The molecular weight excluding hydrogens is 622 g/mol. The predicted octanol–water partition coefficient (Wildman–Crippen LogP) is 4.52. The Morgan fingerprint density at radius 1 is 1.13 bits per heavy atom. The Balaban J connectivity index is 1.27. The Bertz CT molecular complexity index is 1560. The summed E-state index contributed by atoms with van der Waals surface area (Å²) in [5.74, 6) is -8.24. The third-order valence-electron chi connectivity index (χ3n) is 9.01. The van der Waals surface area contributed by atoms with Crippen LogP contribution in [0.3, 0.4) is 0 Å². The molecule has 1 aliphatic heterocycles. The van der Waals surface area contributed by atoms with Crippen LogP contribution >= 0.6 is 0 Å². The number of hydrogen-bond donors (Lipinski definition) is 2. The van der Waals surface area contributed by atoms with Crippen LogP contribution in [-0.2, 0) is 22.4 Å². The number of halogens is 8. The number of nitrogens with zero attached hydrogens (tertiary/aromatic N) is 5. The van der Waals surface area contributed by atoms with E-state index in [0.29, 0.717) is 5.56 Å². The molecule has 2 amide bonds. The number of aromatic nitrogens is 5. The molecule has 5 atom stereocenters. The zero-order chi connectivity index (χ0) is 32.4. The van der Waals surface area contributed by atoms with E-state index in [9.17, 15) is 44.7 Å². The maximum atomic E-state index is 13.9. The van der Waals surface area contributed by atoms with Gasteiger partial charge in [-0.2, -0.15) is 31.4 Å². The van der Waals surface area contributed by atoms with Gasteiger partial charge in [-0.25, -0.2) is 18.3 Å². The molecule has 244 valence electrons. The van der Waals surface area contributed by atoms with Crippen molar-refractivity contribution < 1.29 is 49.1 Å². The summed E-state index contributed by atoms with van der Waals surface area (Å²) in [7, 11) is 0. The lowest BCUT2D eigenvalue weighted by Crippen LogP contribution is -2.39. The number of rotatable bonds is 8. The predicted molar refractivity (Wildman–Crippen MR) is 135 cm³/mol. The fourth-order valence-electron chi connectivity index (χ4n) is 6.48. The zero-order valence-corrected chi connectivity index (χ0v) is 23.3. The highest BCUT2D eigenvalue weighted by Gasteiger charge is 2.59. The summed E-state index contributed by atoms with van der Waals surface area (Å²) in [5.41, 5.74) is -0.934. The van der Waals surface area contributed by atoms with Gasteiger partial charge in [-0.3, -0.25) is 9.59 Å². The molecule has 0 bridgehead atoms. The topological polar surface area (TPSA) is 127 Å². The van der Waals surface area contributed by atoms with Crippen molar-refractivity contribution in [2.45, 2.75) is 81.7 Å².